The van der Waals surface area contributed by atoms with E-state index >= 15 is 0 Å². The highest BCUT2D eigenvalue weighted by Crippen LogP contribution is 2.44. The number of ether oxygens (including phenoxy) is 2. The number of carbonyl (C=O) groups excluding carboxylic acids is 1. The fraction of sp³-hybridized carbons (Fsp3) is 0.286. The van der Waals surface area contributed by atoms with Gasteiger partial charge in [-0.25, -0.2) is 0 Å². The van der Waals surface area contributed by atoms with Crippen molar-refractivity contribution in [3.8, 4) is 11.5 Å². The van der Waals surface area contributed by atoms with Crippen LogP contribution in [0.3, 0.4) is 0 Å². The normalized spacial score (nSPS) is 17.9. The Morgan fingerprint density at radius 3 is 2.77 bits per heavy atom. The third kappa shape index (κ3) is 2.85. The number of rotatable bonds is 2. The first-order chi connectivity index (χ1) is 12.5. The summed E-state index contributed by atoms with van der Waals surface area (Å²) in [5.41, 5.74) is 3.40. The summed E-state index contributed by atoms with van der Waals surface area (Å²) in [7, 11) is 0. The lowest BCUT2D eigenvalue weighted by molar-refractivity contribution is 0.0673. The number of aryl methyl sites for hydroxylation is 1. The van der Waals surface area contributed by atoms with Crippen molar-refractivity contribution < 1.29 is 14.3 Å². The zero-order valence-corrected chi connectivity index (χ0v) is 16.6. The van der Waals surface area contributed by atoms with Crippen molar-refractivity contribution in [1.29, 1.82) is 0 Å². The van der Waals surface area contributed by atoms with Crippen LogP contribution in [0.1, 0.15) is 40.9 Å². The molecule has 5 heteroatoms. The maximum atomic E-state index is 13.0. The minimum atomic E-state index is -0.0716. The second kappa shape index (κ2) is 6.56. The second-order valence-electron chi connectivity index (χ2n) is 6.95. The number of fused-ring (bicyclic) bond motifs is 3. The van der Waals surface area contributed by atoms with Crippen molar-refractivity contribution in [2.75, 3.05) is 6.73 Å². The second-order valence-corrected chi connectivity index (χ2v) is 7.80. The van der Waals surface area contributed by atoms with Crippen LogP contribution < -0.4 is 9.47 Å². The Balaban J connectivity index is 1.78. The molecule has 0 N–H and O–H groups in total. The number of Topliss-reactive ketones (excluding diaryl/α,β-unsaturated/α-hetero) is 1. The molecule has 2 aromatic rings. The SMILES string of the molecule is Cc1cc2c(c3c1C(=O)/C(=C/c1ccccc1Br)O3)CN(C(C)C)CO2. The average Bonchev–Trinajstić information content (AvgIpc) is 2.94. The van der Waals surface area contributed by atoms with Crippen molar-refractivity contribution in [3.05, 3.63) is 62.8 Å². The molecule has 0 aliphatic carbocycles. The maximum Gasteiger partial charge on any atom is 0.232 e. The molecule has 2 heterocycles. The monoisotopic (exact) mass is 413 g/mol. The highest BCUT2D eigenvalue weighted by molar-refractivity contribution is 9.10. The molecule has 2 aliphatic heterocycles. The van der Waals surface area contributed by atoms with E-state index in [4.69, 9.17) is 9.47 Å². The van der Waals surface area contributed by atoms with Gasteiger partial charge in [0.05, 0.1) is 11.1 Å². The van der Waals surface area contributed by atoms with Crippen LogP contribution >= 0.6 is 15.9 Å². The molecule has 0 spiro atoms. The van der Waals surface area contributed by atoms with Gasteiger partial charge in [0.25, 0.3) is 0 Å². The van der Waals surface area contributed by atoms with E-state index in [9.17, 15) is 4.79 Å². The summed E-state index contributed by atoms with van der Waals surface area (Å²) in [6.45, 7) is 7.46. The Morgan fingerprint density at radius 2 is 2.04 bits per heavy atom. The van der Waals surface area contributed by atoms with Crippen LogP contribution in [0.25, 0.3) is 6.08 Å². The molecule has 0 bridgehead atoms. The van der Waals surface area contributed by atoms with E-state index in [2.05, 4.69) is 34.7 Å². The number of hydrogen-bond acceptors (Lipinski definition) is 4. The predicted molar refractivity (Wildman–Crippen MR) is 104 cm³/mol. The van der Waals surface area contributed by atoms with E-state index in [1.165, 1.54) is 0 Å². The number of nitrogens with zero attached hydrogens (tertiary/aromatic N) is 1. The first-order valence-electron chi connectivity index (χ1n) is 8.68. The molecular formula is C21H20BrNO3. The number of carbonyl (C=O) groups is 1. The number of benzene rings is 2. The van der Waals surface area contributed by atoms with Crippen molar-refractivity contribution in [2.45, 2.75) is 33.4 Å². The highest BCUT2D eigenvalue weighted by atomic mass is 79.9. The Morgan fingerprint density at radius 1 is 1.27 bits per heavy atom. The molecule has 0 saturated heterocycles. The summed E-state index contributed by atoms with van der Waals surface area (Å²) in [5, 5.41) is 0. The molecule has 0 unspecified atom stereocenters. The van der Waals surface area contributed by atoms with Crippen LogP contribution in [0, 0.1) is 6.92 Å². The number of hydrogen-bond donors (Lipinski definition) is 0. The van der Waals surface area contributed by atoms with Gasteiger partial charge in [0.2, 0.25) is 5.78 Å². The van der Waals surface area contributed by atoms with Crippen molar-refractivity contribution in [2.24, 2.45) is 0 Å². The van der Waals surface area contributed by atoms with Gasteiger partial charge in [-0.15, -0.1) is 0 Å². The van der Waals surface area contributed by atoms with E-state index in [0.29, 0.717) is 36.4 Å². The number of ketones is 1. The molecule has 2 aromatic carbocycles. The molecule has 4 nitrogen and oxygen atoms in total. The quantitative estimate of drug-likeness (QED) is 0.653. The van der Waals surface area contributed by atoms with E-state index < -0.39 is 0 Å². The van der Waals surface area contributed by atoms with Gasteiger partial charge in [0.1, 0.15) is 18.2 Å². The van der Waals surface area contributed by atoms with E-state index in [1.807, 2.05) is 37.3 Å². The van der Waals surface area contributed by atoms with Crippen molar-refractivity contribution >= 4 is 27.8 Å². The van der Waals surface area contributed by atoms with Crippen molar-refractivity contribution in [3.63, 3.8) is 0 Å². The molecule has 0 amide bonds. The van der Waals surface area contributed by atoms with Gasteiger partial charge >= 0.3 is 0 Å². The molecule has 4 rings (SSSR count). The van der Waals surface area contributed by atoms with Crippen LogP contribution in [0.2, 0.25) is 0 Å². The van der Waals surface area contributed by atoms with Gasteiger partial charge in [-0.1, -0.05) is 34.1 Å². The van der Waals surface area contributed by atoms with Crippen LogP contribution in [0.15, 0.2) is 40.6 Å². The Hall–Kier alpha value is -2.11. The van der Waals surface area contributed by atoms with E-state index in [0.717, 1.165) is 26.9 Å². The fourth-order valence-electron chi connectivity index (χ4n) is 3.31. The molecular weight excluding hydrogens is 394 g/mol. The standard InChI is InChI=1S/C21H20BrNO3/c1-12(2)23-10-15-17(25-11-23)8-13(3)19-20(24)18(26-21(15)19)9-14-6-4-5-7-16(14)22/h4-9,12H,10-11H2,1-3H3/b18-9-. The third-order valence-corrected chi connectivity index (χ3v) is 5.59. The van der Waals surface area contributed by atoms with Crippen LogP contribution in [0.5, 0.6) is 11.5 Å². The molecule has 0 fully saturated rings. The highest BCUT2D eigenvalue weighted by Gasteiger charge is 2.35. The average molecular weight is 414 g/mol. The maximum absolute atomic E-state index is 13.0. The molecule has 2 aliphatic rings. The zero-order chi connectivity index (χ0) is 18.4. The smallest absolute Gasteiger partial charge is 0.232 e. The van der Waals surface area contributed by atoms with Crippen LogP contribution in [-0.2, 0) is 6.54 Å². The largest absolute Gasteiger partial charge is 0.478 e. The van der Waals surface area contributed by atoms with E-state index in [1.54, 1.807) is 6.08 Å². The Kier molecular flexibility index (Phi) is 4.37. The number of allylic oxidation sites excluding steroid dienone is 1. The lowest BCUT2D eigenvalue weighted by Gasteiger charge is -2.32. The minimum Gasteiger partial charge on any atom is -0.478 e. The van der Waals surface area contributed by atoms with Gasteiger partial charge in [0.15, 0.2) is 5.76 Å². The lowest BCUT2D eigenvalue weighted by atomic mass is 9.98. The summed E-state index contributed by atoms with van der Waals surface area (Å²) in [6, 6.07) is 10.1. The molecule has 0 aromatic heterocycles. The van der Waals surface area contributed by atoms with Gasteiger partial charge in [-0.2, -0.15) is 0 Å². The minimum absolute atomic E-state index is 0.0716. The summed E-state index contributed by atoms with van der Waals surface area (Å²) in [5.74, 6) is 1.74. The topological polar surface area (TPSA) is 38.8 Å². The van der Waals surface area contributed by atoms with Gasteiger partial charge < -0.3 is 9.47 Å². The van der Waals surface area contributed by atoms with Gasteiger partial charge in [0, 0.05) is 17.1 Å². The first-order valence-corrected chi connectivity index (χ1v) is 9.47. The van der Waals surface area contributed by atoms with Gasteiger partial charge in [-0.05, 0) is 50.1 Å². The van der Waals surface area contributed by atoms with Crippen LogP contribution in [0.4, 0.5) is 0 Å². The fourth-order valence-corrected chi connectivity index (χ4v) is 3.71. The third-order valence-electron chi connectivity index (χ3n) is 4.87. The molecule has 26 heavy (non-hydrogen) atoms. The van der Waals surface area contributed by atoms with Gasteiger partial charge in [-0.3, -0.25) is 9.69 Å². The zero-order valence-electron chi connectivity index (χ0n) is 15.0. The summed E-state index contributed by atoms with van der Waals surface area (Å²) in [6.07, 6.45) is 1.79. The van der Waals surface area contributed by atoms with E-state index in [-0.39, 0.29) is 5.78 Å². The lowest BCUT2D eigenvalue weighted by Crippen LogP contribution is -2.37. The number of halogens is 1. The first kappa shape index (κ1) is 17.3. The molecule has 0 radical (unpaired) electrons. The Bertz CT molecular complexity index is 933. The molecule has 134 valence electrons. The summed E-state index contributed by atoms with van der Waals surface area (Å²) < 4.78 is 12.9. The summed E-state index contributed by atoms with van der Waals surface area (Å²) >= 11 is 3.52. The predicted octanol–water partition coefficient (Wildman–Crippen LogP) is 4.93. The Labute approximate surface area is 161 Å². The molecule has 0 saturated carbocycles. The summed E-state index contributed by atoms with van der Waals surface area (Å²) in [4.78, 5) is 15.2. The van der Waals surface area contributed by atoms with Crippen molar-refractivity contribution in [1.82, 2.24) is 4.90 Å². The molecule has 0 atom stereocenters. The van der Waals surface area contributed by atoms with Crippen LogP contribution in [-0.4, -0.2) is 23.5 Å².